The van der Waals surface area contributed by atoms with Crippen molar-refractivity contribution >= 4 is 5.69 Å². The van der Waals surface area contributed by atoms with Crippen LogP contribution in [0.25, 0.3) is 0 Å². The molecule has 146 valence electrons. The van der Waals surface area contributed by atoms with Crippen LogP contribution in [0.1, 0.15) is 30.5 Å². The first-order valence-electron chi connectivity index (χ1n) is 9.90. The molecule has 0 N–H and O–H groups in total. The summed E-state index contributed by atoms with van der Waals surface area (Å²) in [6.45, 7) is 8.91. The number of hydrogen-bond donors (Lipinski definition) is 0. The molecule has 1 unspecified atom stereocenters. The molecule has 0 radical (unpaired) electrons. The Morgan fingerprint density at radius 3 is 2.71 bits per heavy atom. The van der Waals surface area contributed by atoms with Gasteiger partial charge in [-0.05, 0) is 54.0 Å². The summed E-state index contributed by atoms with van der Waals surface area (Å²) in [6.07, 6.45) is 3.90. The van der Waals surface area contributed by atoms with Crippen LogP contribution in [0.3, 0.4) is 0 Å². The largest absolute Gasteiger partial charge is 0.493 e. The Morgan fingerprint density at radius 1 is 1.18 bits per heavy atom. The van der Waals surface area contributed by atoms with Gasteiger partial charge in [-0.2, -0.15) is 0 Å². The summed E-state index contributed by atoms with van der Waals surface area (Å²) in [6, 6.07) is 13.6. The lowest BCUT2D eigenvalue weighted by atomic mass is 9.98. The Balaban J connectivity index is 1.53. The second-order valence-corrected chi connectivity index (χ2v) is 7.57. The van der Waals surface area contributed by atoms with Crippen LogP contribution < -0.4 is 9.64 Å². The maximum atomic E-state index is 13.3. The molecule has 2 aliphatic heterocycles. The summed E-state index contributed by atoms with van der Waals surface area (Å²) in [4.78, 5) is 4.64. The molecule has 0 spiro atoms. The molecule has 0 bridgehead atoms. The molecule has 28 heavy (non-hydrogen) atoms. The third-order valence-electron chi connectivity index (χ3n) is 6.00. The molecule has 2 heterocycles. The molecular weight excluding hydrogens is 351 g/mol. The van der Waals surface area contributed by atoms with E-state index >= 15 is 0 Å². The third kappa shape index (κ3) is 3.57. The maximum absolute atomic E-state index is 13.3. The minimum atomic E-state index is -0.211. The number of ether oxygens (including phenoxy) is 1. The highest BCUT2D eigenvalue weighted by Gasteiger charge is 2.25. The summed E-state index contributed by atoms with van der Waals surface area (Å²) < 4.78 is 19.0. The van der Waals surface area contributed by atoms with Crippen LogP contribution in [0.5, 0.6) is 5.75 Å². The van der Waals surface area contributed by atoms with E-state index < -0.39 is 0 Å². The smallest absolute Gasteiger partial charge is 0.123 e. The first-order valence-corrected chi connectivity index (χ1v) is 9.90. The van der Waals surface area contributed by atoms with Gasteiger partial charge in [-0.15, -0.1) is 0 Å². The van der Waals surface area contributed by atoms with E-state index in [0.717, 1.165) is 44.0 Å². The maximum Gasteiger partial charge on any atom is 0.123 e. The van der Waals surface area contributed by atoms with Gasteiger partial charge >= 0.3 is 0 Å². The standard InChI is InChI=1S/C24H27FN2O/c1-4-18-16-27(17(2)20-6-5-19-12-14-28-24(19)15-20)13-11-23(18)26(3)22-9-7-21(25)8-10-22/h4-10,15,17H,1,11-14,16H2,2-3H3. The number of hydrogen-bond acceptors (Lipinski definition) is 3. The SMILES string of the molecule is C=CC1=C(N(C)c2ccc(F)cc2)CCN(C(C)c2ccc3c(c2)OCC3)C1. The fraction of sp³-hybridized carbons (Fsp3) is 0.333. The average molecular weight is 378 g/mol. The summed E-state index contributed by atoms with van der Waals surface area (Å²) in [5, 5.41) is 0. The van der Waals surface area contributed by atoms with E-state index in [1.807, 2.05) is 25.3 Å². The van der Waals surface area contributed by atoms with Crippen molar-refractivity contribution in [3.63, 3.8) is 0 Å². The molecule has 4 heteroatoms. The summed E-state index contributed by atoms with van der Waals surface area (Å²) in [7, 11) is 2.04. The van der Waals surface area contributed by atoms with Crippen molar-refractivity contribution in [2.45, 2.75) is 25.8 Å². The molecule has 0 amide bonds. The van der Waals surface area contributed by atoms with E-state index in [2.05, 4.69) is 41.5 Å². The van der Waals surface area contributed by atoms with Crippen LogP contribution in [0.4, 0.5) is 10.1 Å². The molecule has 1 atom stereocenters. The highest BCUT2D eigenvalue weighted by atomic mass is 19.1. The highest BCUT2D eigenvalue weighted by molar-refractivity contribution is 5.54. The molecule has 0 aromatic heterocycles. The van der Waals surface area contributed by atoms with Crippen molar-refractivity contribution in [1.29, 1.82) is 0 Å². The first kappa shape index (κ1) is 18.8. The predicted molar refractivity (Wildman–Crippen MR) is 112 cm³/mol. The van der Waals surface area contributed by atoms with E-state index in [9.17, 15) is 4.39 Å². The van der Waals surface area contributed by atoms with Gasteiger partial charge < -0.3 is 9.64 Å². The number of anilines is 1. The van der Waals surface area contributed by atoms with Crippen molar-refractivity contribution in [2.75, 3.05) is 31.6 Å². The Labute approximate surface area is 166 Å². The van der Waals surface area contributed by atoms with E-state index in [4.69, 9.17) is 4.74 Å². The molecule has 2 aromatic rings. The number of rotatable bonds is 5. The molecule has 4 rings (SSSR count). The molecule has 0 saturated carbocycles. The van der Waals surface area contributed by atoms with E-state index in [1.165, 1.54) is 34.5 Å². The van der Waals surface area contributed by atoms with Crippen LogP contribution in [0.15, 0.2) is 66.4 Å². The van der Waals surface area contributed by atoms with Crippen molar-refractivity contribution in [3.8, 4) is 5.75 Å². The molecule has 0 fully saturated rings. The quantitative estimate of drug-likeness (QED) is 0.720. The minimum Gasteiger partial charge on any atom is -0.493 e. The molecular formula is C24H27FN2O. The Bertz CT molecular complexity index is 903. The second kappa shape index (κ2) is 7.80. The summed E-state index contributed by atoms with van der Waals surface area (Å²) in [5.41, 5.74) is 6.07. The van der Waals surface area contributed by atoms with Crippen molar-refractivity contribution < 1.29 is 9.13 Å². The third-order valence-corrected chi connectivity index (χ3v) is 6.00. The van der Waals surface area contributed by atoms with Gasteiger partial charge in [-0.3, -0.25) is 4.90 Å². The number of benzene rings is 2. The second-order valence-electron chi connectivity index (χ2n) is 7.57. The van der Waals surface area contributed by atoms with Crippen molar-refractivity contribution in [1.82, 2.24) is 4.90 Å². The minimum absolute atomic E-state index is 0.211. The number of nitrogens with zero attached hydrogens (tertiary/aromatic N) is 2. The van der Waals surface area contributed by atoms with Crippen molar-refractivity contribution in [3.05, 3.63) is 83.3 Å². The van der Waals surface area contributed by atoms with Gasteiger partial charge in [0.25, 0.3) is 0 Å². The summed E-state index contributed by atoms with van der Waals surface area (Å²) >= 11 is 0. The van der Waals surface area contributed by atoms with E-state index in [0.29, 0.717) is 6.04 Å². The topological polar surface area (TPSA) is 15.7 Å². The predicted octanol–water partition coefficient (Wildman–Crippen LogP) is 5.10. The molecule has 2 aromatic carbocycles. The van der Waals surface area contributed by atoms with Gasteiger partial charge in [-0.1, -0.05) is 24.8 Å². The van der Waals surface area contributed by atoms with Gasteiger partial charge in [-0.25, -0.2) is 4.39 Å². The van der Waals surface area contributed by atoms with Crippen LogP contribution in [0.2, 0.25) is 0 Å². The Kier molecular flexibility index (Phi) is 5.23. The van der Waals surface area contributed by atoms with Gasteiger partial charge in [0.05, 0.1) is 6.61 Å². The van der Waals surface area contributed by atoms with Crippen LogP contribution in [-0.4, -0.2) is 31.6 Å². The molecule has 3 nitrogen and oxygen atoms in total. The van der Waals surface area contributed by atoms with Crippen LogP contribution in [-0.2, 0) is 6.42 Å². The van der Waals surface area contributed by atoms with Gasteiger partial charge in [0.1, 0.15) is 11.6 Å². The molecule has 2 aliphatic rings. The van der Waals surface area contributed by atoms with Crippen molar-refractivity contribution in [2.24, 2.45) is 0 Å². The highest BCUT2D eigenvalue weighted by Crippen LogP contribution is 2.34. The Hall–Kier alpha value is -2.59. The lowest BCUT2D eigenvalue weighted by molar-refractivity contribution is 0.221. The zero-order chi connectivity index (χ0) is 19.7. The lowest BCUT2D eigenvalue weighted by Crippen LogP contribution is -2.37. The van der Waals surface area contributed by atoms with Crippen LogP contribution in [0, 0.1) is 5.82 Å². The lowest BCUT2D eigenvalue weighted by Gasteiger charge is -2.37. The average Bonchev–Trinajstić information content (AvgIpc) is 3.20. The fourth-order valence-electron chi connectivity index (χ4n) is 4.17. The van der Waals surface area contributed by atoms with Gasteiger partial charge in [0.15, 0.2) is 0 Å². The normalized spacial score (nSPS) is 17.8. The summed E-state index contributed by atoms with van der Waals surface area (Å²) in [5.74, 6) is 0.828. The first-order chi connectivity index (χ1) is 13.6. The molecule has 0 saturated heterocycles. The fourth-order valence-corrected chi connectivity index (χ4v) is 4.17. The zero-order valence-corrected chi connectivity index (χ0v) is 16.6. The Morgan fingerprint density at radius 2 is 1.96 bits per heavy atom. The molecule has 0 aliphatic carbocycles. The van der Waals surface area contributed by atoms with Gasteiger partial charge in [0.2, 0.25) is 0 Å². The van der Waals surface area contributed by atoms with E-state index in [-0.39, 0.29) is 5.82 Å². The van der Waals surface area contributed by atoms with Gasteiger partial charge in [0, 0.05) is 50.4 Å². The number of fused-ring (bicyclic) bond motifs is 1. The van der Waals surface area contributed by atoms with Crippen LogP contribution >= 0.6 is 0 Å². The van der Waals surface area contributed by atoms with E-state index in [1.54, 1.807) is 0 Å². The number of halogens is 1. The monoisotopic (exact) mass is 378 g/mol. The zero-order valence-electron chi connectivity index (χ0n) is 16.6.